The topological polar surface area (TPSA) is 102 Å². The zero-order chi connectivity index (χ0) is 17.9. The first-order valence-corrected chi connectivity index (χ1v) is 8.02. The minimum Gasteiger partial charge on any atom is -0.484 e. The van der Waals surface area contributed by atoms with Crippen LogP contribution in [-0.2, 0) is 17.8 Å². The number of benzene rings is 1. The maximum absolute atomic E-state index is 10.8. The van der Waals surface area contributed by atoms with Crippen molar-refractivity contribution in [1.82, 2.24) is 15.6 Å². The van der Waals surface area contributed by atoms with E-state index in [9.17, 15) is 4.79 Å². The number of hydrogen-bond donors (Lipinski definition) is 3. The third kappa shape index (κ3) is 8.15. The van der Waals surface area contributed by atoms with E-state index in [0.717, 1.165) is 24.2 Å². The molecule has 0 spiro atoms. The number of primary amides is 1. The molecule has 1 amide bonds. The van der Waals surface area contributed by atoms with Crippen LogP contribution >= 0.6 is 24.0 Å². The van der Waals surface area contributed by atoms with Gasteiger partial charge in [-0.3, -0.25) is 14.8 Å². The van der Waals surface area contributed by atoms with Gasteiger partial charge in [0.05, 0.1) is 0 Å². The second-order valence-electron chi connectivity index (χ2n) is 5.33. The number of nitrogens with two attached hydrogens (primary N) is 1. The first-order chi connectivity index (χ1) is 12.2. The van der Waals surface area contributed by atoms with Gasteiger partial charge in [-0.05, 0) is 29.8 Å². The average Bonchev–Trinajstić information content (AvgIpc) is 2.64. The van der Waals surface area contributed by atoms with E-state index in [0.29, 0.717) is 18.3 Å². The van der Waals surface area contributed by atoms with Crippen molar-refractivity contribution in [2.45, 2.75) is 13.0 Å². The Bertz CT molecular complexity index is 710. The summed E-state index contributed by atoms with van der Waals surface area (Å²) in [4.78, 5) is 19.3. The molecule has 0 radical (unpaired) electrons. The van der Waals surface area contributed by atoms with Crippen LogP contribution in [0.15, 0.2) is 53.7 Å². The maximum atomic E-state index is 10.8. The van der Waals surface area contributed by atoms with Crippen molar-refractivity contribution in [3.05, 3.63) is 59.9 Å². The molecule has 0 fully saturated rings. The number of nitrogens with zero attached hydrogens (tertiary/aromatic N) is 2. The van der Waals surface area contributed by atoms with E-state index in [1.54, 1.807) is 19.3 Å². The number of aromatic nitrogens is 1. The van der Waals surface area contributed by atoms with Crippen LogP contribution in [0.3, 0.4) is 0 Å². The minimum absolute atomic E-state index is 0. The Kier molecular flexibility index (Phi) is 10.1. The third-order valence-electron chi connectivity index (χ3n) is 3.36. The summed E-state index contributed by atoms with van der Waals surface area (Å²) in [6, 6.07) is 13.3. The van der Waals surface area contributed by atoms with Crippen molar-refractivity contribution < 1.29 is 9.53 Å². The molecule has 1 heterocycles. The summed E-state index contributed by atoms with van der Waals surface area (Å²) in [5.74, 6) is 0.816. The molecule has 0 saturated heterocycles. The molecule has 0 aliphatic rings. The fraction of sp³-hybridized carbons (Fsp3) is 0.278. The summed E-state index contributed by atoms with van der Waals surface area (Å²) in [6.07, 6.45) is 2.60. The van der Waals surface area contributed by atoms with Gasteiger partial charge in [-0.15, -0.1) is 24.0 Å². The summed E-state index contributed by atoms with van der Waals surface area (Å²) in [5.41, 5.74) is 7.12. The quantitative estimate of drug-likeness (QED) is 0.309. The highest BCUT2D eigenvalue weighted by Crippen LogP contribution is 2.12. The monoisotopic (exact) mass is 469 g/mol. The van der Waals surface area contributed by atoms with Crippen LogP contribution in [0.25, 0.3) is 0 Å². The van der Waals surface area contributed by atoms with Crippen LogP contribution < -0.4 is 21.1 Å². The molecule has 8 heteroatoms. The molecule has 140 valence electrons. The Hall–Kier alpha value is -2.36. The first kappa shape index (κ1) is 21.7. The van der Waals surface area contributed by atoms with Crippen LogP contribution in [0, 0.1) is 0 Å². The number of amides is 1. The van der Waals surface area contributed by atoms with E-state index in [1.807, 2.05) is 36.4 Å². The highest BCUT2D eigenvalue weighted by atomic mass is 127. The minimum atomic E-state index is -0.499. The normalized spacial score (nSPS) is 10.6. The predicted molar refractivity (Wildman–Crippen MR) is 113 cm³/mol. The standard InChI is InChI=1S/C18H23N5O2.HI/c1-20-18(22-10-8-15-6-2-3-9-21-15)23-12-14-5-4-7-16(11-14)25-13-17(19)24;/h2-7,9,11H,8,10,12-13H2,1H3,(H2,19,24)(H2,20,22,23);1H. The Labute approximate surface area is 170 Å². The molecule has 0 atom stereocenters. The fourth-order valence-electron chi connectivity index (χ4n) is 2.16. The zero-order valence-corrected chi connectivity index (χ0v) is 17.0. The highest BCUT2D eigenvalue weighted by molar-refractivity contribution is 14.0. The van der Waals surface area contributed by atoms with Crippen molar-refractivity contribution >= 4 is 35.8 Å². The number of guanidine groups is 1. The van der Waals surface area contributed by atoms with Gasteiger partial charge >= 0.3 is 0 Å². The first-order valence-electron chi connectivity index (χ1n) is 8.02. The van der Waals surface area contributed by atoms with Gasteiger partial charge in [0.25, 0.3) is 5.91 Å². The fourth-order valence-corrected chi connectivity index (χ4v) is 2.16. The number of pyridine rings is 1. The van der Waals surface area contributed by atoms with Crippen molar-refractivity contribution in [3.63, 3.8) is 0 Å². The summed E-state index contributed by atoms with van der Waals surface area (Å²) in [6.45, 7) is 1.18. The van der Waals surface area contributed by atoms with E-state index in [-0.39, 0.29) is 30.6 Å². The lowest BCUT2D eigenvalue weighted by atomic mass is 10.2. The SMILES string of the molecule is CN=C(NCCc1ccccn1)NCc1cccc(OCC(N)=O)c1.I. The Balaban J connectivity index is 0.00000338. The van der Waals surface area contributed by atoms with Gasteiger partial charge in [0, 0.05) is 38.4 Å². The number of nitrogens with one attached hydrogen (secondary N) is 2. The van der Waals surface area contributed by atoms with Gasteiger partial charge in [-0.25, -0.2) is 0 Å². The van der Waals surface area contributed by atoms with Crippen LogP contribution in [0.5, 0.6) is 5.75 Å². The molecule has 1 aromatic heterocycles. The van der Waals surface area contributed by atoms with Crippen LogP contribution in [0.2, 0.25) is 0 Å². The van der Waals surface area contributed by atoms with Gasteiger partial charge in [0.1, 0.15) is 5.75 Å². The van der Waals surface area contributed by atoms with Crippen LogP contribution in [0.1, 0.15) is 11.3 Å². The van der Waals surface area contributed by atoms with E-state index >= 15 is 0 Å². The van der Waals surface area contributed by atoms with Crippen LogP contribution in [-0.4, -0.2) is 37.1 Å². The Morgan fingerprint density at radius 3 is 2.77 bits per heavy atom. The molecule has 1 aromatic carbocycles. The summed E-state index contributed by atoms with van der Waals surface area (Å²) in [5, 5.41) is 6.48. The molecule has 0 bridgehead atoms. The van der Waals surface area contributed by atoms with Crippen LogP contribution in [0.4, 0.5) is 0 Å². The predicted octanol–water partition coefficient (Wildman–Crippen LogP) is 1.47. The highest BCUT2D eigenvalue weighted by Gasteiger charge is 2.02. The molecule has 0 unspecified atom stereocenters. The molecule has 7 nitrogen and oxygen atoms in total. The van der Waals surface area contributed by atoms with Gasteiger partial charge in [-0.1, -0.05) is 18.2 Å². The van der Waals surface area contributed by atoms with Crippen molar-refractivity contribution in [2.24, 2.45) is 10.7 Å². The molecule has 0 aliphatic heterocycles. The maximum Gasteiger partial charge on any atom is 0.255 e. The lowest BCUT2D eigenvalue weighted by molar-refractivity contribution is -0.119. The lowest BCUT2D eigenvalue weighted by Gasteiger charge is -2.12. The molecule has 4 N–H and O–H groups in total. The van der Waals surface area contributed by atoms with Gasteiger partial charge in [0.2, 0.25) is 0 Å². The van der Waals surface area contributed by atoms with E-state index in [4.69, 9.17) is 10.5 Å². The van der Waals surface area contributed by atoms with Crippen molar-refractivity contribution in [2.75, 3.05) is 20.2 Å². The number of carbonyl (C=O) groups is 1. The van der Waals surface area contributed by atoms with E-state index < -0.39 is 5.91 Å². The zero-order valence-electron chi connectivity index (χ0n) is 14.6. The second-order valence-corrected chi connectivity index (χ2v) is 5.33. The third-order valence-corrected chi connectivity index (χ3v) is 3.36. The Morgan fingerprint density at radius 1 is 1.23 bits per heavy atom. The number of hydrogen-bond acceptors (Lipinski definition) is 4. The van der Waals surface area contributed by atoms with Gasteiger partial charge in [-0.2, -0.15) is 0 Å². The van der Waals surface area contributed by atoms with Gasteiger partial charge < -0.3 is 21.1 Å². The number of halogens is 1. The molecule has 0 saturated carbocycles. The number of aliphatic imine (C=N–C) groups is 1. The number of ether oxygens (including phenoxy) is 1. The molecule has 0 aliphatic carbocycles. The summed E-state index contributed by atoms with van der Waals surface area (Å²) in [7, 11) is 1.72. The van der Waals surface area contributed by atoms with Gasteiger partial charge in [0.15, 0.2) is 12.6 Å². The second kappa shape index (κ2) is 12.1. The largest absolute Gasteiger partial charge is 0.484 e. The molecule has 2 aromatic rings. The van der Waals surface area contributed by atoms with Crippen molar-refractivity contribution in [1.29, 1.82) is 0 Å². The summed E-state index contributed by atoms with van der Waals surface area (Å²) < 4.78 is 5.30. The number of carbonyl (C=O) groups excluding carboxylic acids is 1. The molecular weight excluding hydrogens is 445 g/mol. The average molecular weight is 469 g/mol. The Morgan fingerprint density at radius 2 is 2.08 bits per heavy atom. The smallest absolute Gasteiger partial charge is 0.255 e. The van der Waals surface area contributed by atoms with E-state index in [2.05, 4.69) is 20.6 Å². The van der Waals surface area contributed by atoms with E-state index in [1.165, 1.54) is 0 Å². The molecular formula is C18H24IN5O2. The van der Waals surface area contributed by atoms with Crippen molar-refractivity contribution in [3.8, 4) is 5.75 Å². The lowest BCUT2D eigenvalue weighted by Crippen LogP contribution is -2.37. The molecule has 26 heavy (non-hydrogen) atoms. The molecule has 2 rings (SSSR count). The summed E-state index contributed by atoms with van der Waals surface area (Å²) >= 11 is 0. The number of rotatable bonds is 8.